The lowest BCUT2D eigenvalue weighted by Crippen LogP contribution is -2.51. The number of rotatable bonds is 11. The number of amides is 2. The van der Waals surface area contributed by atoms with Crippen LogP contribution in [0.3, 0.4) is 0 Å². The minimum absolute atomic E-state index is 0.148. The fraction of sp³-hybridized carbons (Fsp3) is 0.355. The van der Waals surface area contributed by atoms with E-state index in [1.54, 1.807) is 17.0 Å². The zero-order valence-corrected chi connectivity index (χ0v) is 22.0. The van der Waals surface area contributed by atoms with Crippen molar-refractivity contribution in [3.05, 3.63) is 95.3 Å². The molecule has 0 aromatic heterocycles. The highest BCUT2D eigenvalue weighted by atomic mass is 19.1. The number of nitrogens with one attached hydrogen (secondary N) is 1. The third-order valence-corrected chi connectivity index (χ3v) is 6.46. The lowest BCUT2D eigenvalue weighted by molar-refractivity contribution is -0.141. The van der Waals surface area contributed by atoms with Gasteiger partial charge >= 0.3 is 0 Å². The average Bonchev–Trinajstić information content (AvgIpc) is 2.93. The lowest BCUT2D eigenvalue weighted by Gasteiger charge is -2.32. The zero-order valence-electron chi connectivity index (χ0n) is 22.0. The molecule has 3 aromatic rings. The molecule has 1 atom stereocenters. The van der Waals surface area contributed by atoms with Crippen molar-refractivity contribution in [1.29, 1.82) is 0 Å². The largest absolute Gasteiger partial charge is 0.486 e. The maximum absolute atomic E-state index is 13.8. The fourth-order valence-corrected chi connectivity index (χ4v) is 4.40. The van der Waals surface area contributed by atoms with Gasteiger partial charge < -0.3 is 19.7 Å². The molecule has 38 heavy (non-hydrogen) atoms. The predicted molar refractivity (Wildman–Crippen MR) is 144 cm³/mol. The molecule has 0 fully saturated rings. The molecule has 0 spiro atoms. The quantitative estimate of drug-likeness (QED) is 0.390. The van der Waals surface area contributed by atoms with Crippen LogP contribution in [0.5, 0.6) is 11.5 Å². The Hall–Kier alpha value is -3.87. The highest BCUT2D eigenvalue weighted by Crippen LogP contribution is 2.31. The molecule has 200 valence electrons. The number of benzene rings is 3. The number of hydrogen-bond donors (Lipinski definition) is 1. The van der Waals surface area contributed by atoms with Gasteiger partial charge in [-0.2, -0.15) is 0 Å². The van der Waals surface area contributed by atoms with Crippen molar-refractivity contribution in [2.24, 2.45) is 5.92 Å². The van der Waals surface area contributed by atoms with Gasteiger partial charge in [-0.15, -0.1) is 0 Å². The Morgan fingerprint density at radius 1 is 0.895 bits per heavy atom. The smallest absolute Gasteiger partial charge is 0.243 e. The van der Waals surface area contributed by atoms with E-state index >= 15 is 0 Å². The number of aryl methyl sites for hydroxylation is 1. The van der Waals surface area contributed by atoms with Crippen molar-refractivity contribution in [3.63, 3.8) is 0 Å². The van der Waals surface area contributed by atoms with E-state index in [2.05, 4.69) is 5.32 Å². The van der Waals surface area contributed by atoms with Gasteiger partial charge in [0.25, 0.3) is 0 Å². The Kier molecular flexibility index (Phi) is 9.35. The van der Waals surface area contributed by atoms with E-state index in [9.17, 15) is 14.0 Å². The molecule has 0 radical (unpaired) electrons. The highest BCUT2D eigenvalue weighted by Gasteiger charge is 2.30. The Bertz CT molecular complexity index is 1210. The number of carbonyl (C=O) groups is 2. The third-order valence-electron chi connectivity index (χ3n) is 6.46. The van der Waals surface area contributed by atoms with Crippen LogP contribution < -0.4 is 14.8 Å². The van der Waals surface area contributed by atoms with Crippen molar-refractivity contribution < 1.29 is 23.5 Å². The van der Waals surface area contributed by atoms with E-state index in [1.165, 1.54) is 12.1 Å². The average molecular weight is 519 g/mol. The van der Waals surface area contributed by atoms with E-state index < -0.39 is 6.04 Å². The maximum Gasteiger partial charge on any atom is 0.243 e. The predicted octanol–water partition coefficient (Wildman–Crippen LogP) is 4.94. The Morgan fingerprint density at radius 3 is 2.29 bits per heavy atom. The summed E-state index contributed by atoms with van der Waals surface area (Å²) in [7, 11) is 0. The van der Waals surface area contributed by atoms with E-state index in [4.69, 9.17) is 9.47 Å². The number of carbonyl (C=O) groups excluding carboxylic acids is 2. The monoisotopic (exact) mass is 518 g/mol. The summed E-state index contributed by atoms with van der Waals surface area (Å²) in [6.07, 6.45) is 1.08. The van der Waals surface area contributed by atoms with Crippen LogP contribution in [0.1, 0.15) is 37.0 Å². The van der Waals surface area contributed by atoms with E-state index in [0.717, 1.165) is 16.7 Å². The molecule has 6 nitrogen and oxygen atoms in total. The summed E-state index contributed by atoms with van der Waals surface area (Å²) in [5.41, 5.74) is 2.67. The van der Waals surface area contributed by atoms with E-state index in [0.29, 0.717) is 44.1 Å². The first kappa shape index (κ1) is 27.2. The molecule has 0 saturated heterocycles. The molecule has 0 aliphatic carbocycles. The first-order valence-electron chi connectivity index (χ1n) is 13.1. The van der Waals surface area contributed by atoms with Crippen molar-refractivity contribution in [3.8, 4) is 11.5 Å². The molecule has 4 rings (SSSR count). The number of hydrogen-bond acceptors (Lipinski definition) is 4. The minimum Gasteiger partial charge on any atom is -0.486 e. The zero-order chi connectivity index (χ0) is 26.9. The summed E-state index contributed by atoms with van der Waals surface area (Å²) in [6, 6.07) is 20.7. The first-order chi connectivity index (χ1) is 18.4. The fourth-order valence-electron chi connectivity index (χ4n) is 4.40. The van der Waals surface area contributed by atoms with Gasteiger partial charge in [0.15, 0.2) is 11.5 Å². The molecule has 1 aliphatic heterocycles. The second kappa shape index (κ2) is 13.1. The lowest BCUT2D eigenvalue weighted by atomic mass is 10.0. The first-order valence-corrected chi connectivity index (χ1v) is 13.1. The summed E-state index contributed by atoms with van der Waals surface area (Å²) in [4.78, 5) is 28.9. The van der Waals surface area contributed by atoms with Gasteiger partial charge in [0.05, 0.1) is 0 Å². The van der Waals surface area contributed by atoms with Crippen molar-refractivity contribution in [1.82, 2.24) is 10.2 Å². The van der Waals surface area contributed by atoms with Gasteiger partial charge in [-0.1, -0.05) is 62.4 Å². The van der Waals surface area contributed by atoms with Gasteiger partial charge in [-0.3, -0.25) is 9.59 Å². The van der Waals surface area contributed by atoms with Crippen molar-refractivity contribution in [2.45, 2.75) is 45.7 Å². The number of halogens is 1. The van der Waals surface area contributed by atoms with Gasteiger partial charge in [0.2, 0.25) is 11.8 Å². The SMILES string of the molecule is CC(C)CNC(=O)[C@H](Cc1ccccc1)N(Cc1ccc(F)cc1)C(=O)CCc1ccc2c(c1)OCCO2. The standard InChI is InChI=1S/C31H35FN2O4/c1-22(2)20-33-31(36)27(18-23-6-4-3-5-7-23)34(21-25-8-12-26(32)13-9-25)30(35)15-11-24-10-14-28-29(19-24)38-17-16-37-28/h3-10,12-14,19,22,27H,11,15-18,20-21H2,1-2H3,(H,33,36)/t27-/m0/s1. The third kappa shape index (κ3) is 7.57. The van der Waals surface area contributed by atoms with Crippen LogP contribution in [0, 0.1) is 11.7 Å². The van der Waals surface area contributed by atoms with Crippen LogP contribution in [0.15, 0.2) is 72.8 Å². The van der Waals surface area contributed by atoms with Crippen LogP contribution in [0.4, 0.5) is 4.39 Å². The maximum atomic E-state index is 13.8. The second-order valence-corrected chi connectivity index (χ2v) is 9.97. The summed E-state index contributed by atoms with van der Waals surface area (Å²) in [6.45, 7) is 5.79. The van der Waals surface area contributed by atoms with Crippen LogP contribution >= 0.6 is 0 Å². The molecule has 0 unspecified atom stereocenters. The summed E-state index contributed by atoms with van der Waals surface area (Å²) >= 11 is 0. The van der Waals surface area contributed by atoms with E-state index in [1.807, 2.05) is 62.4 Å². The molecule has 1 N–H and O–H groups in total. The van der Waals surface area contributed by atoms with Gasteiger partial charge in [0, 0.05) is 25.9 Å². The Morgan fingerprint density at radius 2 is 1.58 bits per heavy atom. The van der Waals surface area contributed by atoms with Crippen LogP contribution in [-0.2, 0) is 29.0 Å². The van der Waals surface area contributed by atoms with Gasteiger partial charge in [-0.05, 0) is 53.3 Å². The van der Waals surface area contributed by atoms with Crippen molar-refractivity contribution in [2.75, 3.05) is 19.8 Å². The second-order valence-electron chi connectivity index (χ2n) is 9.97. The Labute approximate surface area is 223 Å². The molecular formula is C31H35FN2O4. The number of nitrogens with zero attached hydrogens (tertiary/aromatic N) is 1. The van der Waals surface area contributed by atoms with Crippen LogP contribution in [0.2, 0.25) is 0 Å². The van der Waals surface area contributed by atoms with Gasteiger partial charge in [0.1, 0.15) is 25.1 Å². The molecule has 2 amide bonds. The molecule has 1 heterocycles. The molecule has 0 bridgehead atoms. The van der Waals surface area contributed by atoms with E-state index in [-0.39, 0.29) is 36.5 Å². The normalized spacial score (nSPS) is 13.2. The molecular weight excluding hydrogens is 483 g/mol. The topological polar surface area (TPSA) is 67.9 Å². The summed E-state index contributed by atoms with van der Waals surface area (Å²) in [5, 5.41) is 3.02. The molecule has 1 aliphatic rings. The highest BCUT2D eigenvalue weighted by molar-refractivity contribution is 5.88. The summed E-state index contributed by atoms with van der Waals surface area (Å²) < 4.78 is 24.9. The summed E-state index contributed by atoms with van der Waals surface area (Å²) in [5.74, 6) is 0.962. The molecule has 7 heteroatoms. The van der Waals surface area contributed by atoms with Crippen LogP contribution in [-0.4, -0.2) is 42.5 Å². The van der Waals surface area contributed by atoms with Gasteiger partial charge in [-0.25, -0.2) is 4.39 Å². The number of fused-ring (bicyclic) bond motifs is 1. The van der Waals surface area contributed by atoms with Crippen LogP contribution in [0.25, 0.3) is 0 Å². The molecule has 3 aromatic carbocycles. The minimum atomic E-state index is -0.714. The molecule has 0 saturated carbocycles. The Balaban J connectivity index is 1.58. The van der Waals surface area contributed by atoms with Crippen molar-refractivity contribution >= 4 is 11.8 Å². The number of ether oxygens (including phenoxy) is 2.